The first-order chi connectivity index (χ1) is 36.4. The van der Waals surface area contributed by atoms with Crippen LogP contribution < -0.4 is 0 Å². The Morgan fingerprint density at radius 2 is 0.608 bits per heavy atom. The number of carbonyl (C=O) groups is 3. The molecular weight excluding hydrogens is 911 g/mol. The van der Waals surface area contributed by atoms with Crippen LogP contribution in [0.2, 0.25) is 0 Å². The van der Waals surface area contributed by atoms with Gasteiger partial charge in [-0.25, -0.2) is 0 Å². The van der Waals surface area contributed by atoms with Gasteiger partial charge < -0.3 is 19.4 Å². The molecule has 0 radical (unpaired) electrons. The maximum absolute atomic E-state index is 13.5. The second-order valence-electron chi connectivity index (χ2n) is 23.7. The lowest BCUT2D eigenvalue weighted by Gasteiger charge is -2.23. The van der Waals surface area contributed by atoms with Crippen LogP contribution in [0.3, 0.4) is 0 Å². The van der Waals surface area contributed by atoms with E-state index in [4.69, 9.17) is 4.74 Å². The van der Waals surface area contributed by atoms with E-state index in [1.165, 1.54) is 244 Å². The largest absolute Gasteiger partial charge is 0.462 e. The fourth-order valence-electron chi connectivity index (χ4n) is 11.5. The molecule has 74 heavy (non-hydrogen) atoms. The minimum Gasteiger partial charge on any atom is -0.462 e. The van der Waals surface area contributed by atoms with Crippen molar-refractivity contribution in [2.75, 3.05) is 45.8 Å². The highest BCUT2D eigenvalue weighted by Gasteiger charge is 2.18. The molecular formula is C67H131N3O4. The summed E-state index contributed by atoms with van der Waals surface area (Å²) in [5.74, 6) is 0.791. The third-order valence-corrected chi connectivity index (χ3v) is 16.5. The van der Waals surface area contributed by atoms with Gasteiger partial charge in [0.25, 0.3) is 0 Å². The van der Waals surface area contributed by atoms with E-state index in [-0.39, 0.29) is 12.1 Å². The first-order valence-corrected chi connectivity index (χ1v) is 33.9. The predicted molar refractivity (Wildman–Crippen MR) is 322 cm³/mol. The number of hydrogen-bond acceptors (Lipinski definition) is 5. The van der Waals surface area contributed by atoms with E-state index >= 15 is 0 Å². The fraction of sp³-hybridized carbons (Fsp3) is 0.955. The third kappa shape index (κ3) is 46.5. The molecule has 2 amide bonds. The van der Waals surface area contributed by atoms with Crippen molar-refractivity contribution >= 4 is 17.8 Å². The number of amides is 2. The topological polar surface area (TPSA) is 70.2 Å². The highest BCUT2D eigenvalue weighted by atomic mass is 16.5. The monoisotopic (exact) mass is 1040 g/mol. The first-order valence-electron chi connectivity index (χ1n) is 33.9. The summed E-state index contributed by atoms with van der Waals surface area (Å²) in [6.45, 7) is 16.3. The number of nitrogens with zero attached hydrogens (tertiary/aromatic N) is 3. The lowest BCUT2D eigenvalue weighted by Crippen LogP contribution is -2.32. The molecule has 0 aliphatic carbocycles. The van der Waals surface area contributed by atoms with Crippen LogP contribution in [0.4, 0.5) is 0 Å². The van der Waals surface area contributed by atoms with Crippen molar-refractivity contribution in [2.45, 2.75) is 368 Å². The lowest BCUT2D eigenvalue weighted by atomic mass is 10.0. The van der Waals surface area contributed by atoms with Crippen LogP contribution in [0, 0.1) is 0 Å². The molecule has 1 rings (SSSR count). The Kier molecular flexibility index (Phi) is 53.4. The van der Waals surface area contributed by atoms with E-state index in [0.29, 0.717) is 31.1 Å². The zero-order valence-corrected chi connectivity index (χ0v) is 50.8. The van der Waals surface area contributed by atoms with E-state index in [1.54, 1.807) is 0 Å². The van der Waals surface area contributed by atoms with Gasteiger partial charge in [0, 0.05) is 45.4 Å². The van der Waals surface area contributed by atoms with Gasteiger partial charge in [-0.3, -0.25) is 14.4 Å². The Hall–Kier alpha value is -1.63. The van der Waals surface area contributed by atoms with E-state index < -0.39 is 0 Å². The number of unbranched alkanes of at least 4 members (excludes halogenated alkanes) is 38. The second kappa shape index (κ2) is 56.1. The quantitative estimate of drug-likeness (QED) is 0.0448. The van der Waals surface area contributed by atoms with Crippen LogP contribution in [0.15, 0.2) is 0 Å². The molecule has 1 fully saturated rings. The van der Waals surface area contributed by atoms with Gasteiger partial charge in [0.05, 0.1) is 0 Å². The summed E-state index contributed by atoms with van der Waals surface area (Å²) in [7, 11) is 0. The standard InChI is InChI=1S/C67H131N3O4/c1-5-9-13-17-21-29-37-45-60-69(61-46-38-30-22-18-14-10-6-2)65(71)54-43-35-27-25-33-41-52-64(74-67(73)56-51-59-68-57-49-50-58-68)53-42-34-26-28-36-44-55-66(72)70(62-47-39-31-23-19-15-11-7-3)63-48-40-32-24-20-16-12-8-4/h64H,5-63H2,1-4H3. The van der Waals surface area contributed by atoms with Gasteiger partial charge in [-0.1, -0.05) is 259 Å². The number of rotatable bonds is 59. The van der Waals surface area contributed by atoms with Crippen LogP contribution in [0.25, 0.3) is 0 Å². The number of hydrogen-bond donors (Lipinski definition) is 0. The van der Waals surface area contributed by atoms with Crippen molar-refractivity contribution in [3.8, 4) is 0 Å². The highest BCUT2D eigenvalue weighted by molar-refractivity contribution is 5.76. The Labute approximate surface area is 463 Å². The van der Waals surface area contributed by atoms with Gasteiger partial charge in [0.2, 0.25) is 11.8 Å². The summed E-state index contributed by atoms with van der Waals surface area (Å²) in [5.41, 5.74) is 0. The van der Waals surface area contributed by atoms with Crippen molar-refractivity contribution < 1.29 is 19.1 Å². The Bertz CT molecular complexity index is 1080. The van der Waals surface area contributed by atoms with E-state index in [0.717, 1.165) is 116 Å². The summed E-state index contributed by atoms with van der Waals surface area (Å²) in [6, 6.07) is 0. The molecule has 0 N–H and O–H groups in total. The zero-order valence-electron chi connectivity index (χ0n) is 50.8. The molecule has 0 aromatic carbocycles. The molecule has 7 heteroatoms. The van der Waals surface area contributed by atoms with Gasteiger partial charge in [-0.05, 0) is 103 Å². The maximum Gasteiger partial charge on any atom is 0.306 e. The molecule has 1 heterocycles. The van der Waals surface area contributed by atoms with Crippen molar-refractivity contribution in [1.29, 1.82) is 0 Å². The molecule has 1 saturated heterocycles. The molecule has 0 bridgehead atoms. The van der Waals surface area contributed by atoms with Gasteiger partial charge in [0.15, 0.2) is 0 Å². The molecule has 0 aromatic rings. The van der Waals surface area contributed by atoms with Crippen LogP contribution in [-0.4, -0.2) is 84.4 Å². The van der Waals surface area contributed by atoms with E-state index in [1.807, 2.05) is 0 Å². The van der Waals surface area contributed by atoms with Crippen LogP contribution in [0.1, 0.15) is 362 Å². The van der Waals surface area contributed by atoms with Gasteiger partial charge >= 0.3 is 5.97 Å². The predicted octanol–water partition coefficient (Wildman–Crippen LogP) is 20.2. The number of esters is 1. The van der Waals surface area contributed by atoms with Crippen molar-refractivity contribution in [2.24, 2.45) is 0 Å². The van der Waals surface area contributed by atoms with Crippen LogP contribution in [0.5, 0.6) is 0 Å². The normalized spacial score (nSPS) is 12.9. The fourth-order valence-corrected chi connectivity index (χ4v) is 11.5. The molecule has 7 nitrogen and oxygen atoms in total. The molecule has 0 saturated carbocycles. The smallest absolute Gasteiger partial charge is 0.306 e. The summed E-state index contributed by atoms with van der Waals surface area (Å²) < 4.78 is 6.21. The Balaban J connectivity index is 2.48. The van der Waals surface area contributed by atoms with E-state index in [9.17, 15) is 14.4 Å². The number of ether oxygens (including phenoxy) is 1. The molecule has 0 unspecified atom stereocenters. The summed E-state index contributed by atoms with van der Waals surface area (Å²) in [6.07, 6.45) is 63.0. The van der Waals surface area contributed by atoms with Gasteiger partial charge in [-0.2, -0.15) is 0 Å². The maximum atomic E-state index is 13.5. The number of likely N-dealkylation sites (tertiary alicyclic amines) is 1. The van der Waals surface area contributed by atoms with Crippen molar-refractivity contribution in [3.05, 3.63) is 0 Å². The van der Waals surface area contributed by atoms with Crippen LogP contribution in [-0.2, 0) is 19.1 Å². The highest BCUT2D eigenvalue weighted by Crippen LogP contribution is 2.21. The number of carbonyl (C=O) groups excluding carboxylic acids is 3. The second-order valence-corrected chi connectivity index (χ2v) is 23.7. The SMILES string of the molecule is CCCCCCCCCCN(CCCCCCCCCC)C(=O)CCCCCCCCC(CCCCCCCCC(=O)N(CCCCCCCCCC)CCCCCCCCCC)OC(=O)CCCN1CCCC1. The van der Waals surface area contributed by atoms with E-state index in [2.05, 4.69) is 42.4 Å². The minimum absolute atomic E-state index is 0.00116. The molecule has 0 atom stereocenters. The van der Waals surface area contributed by atoms with Crippen molar-refractivity contribution in [1.82, 2.24) is 14.7 Å². The molecule has 438 valence electrons. The van der Waals surface area contributed by atoms with Gasteiger partial charge in [0.1, 0.15) is 6.10 Å². The lowest BCUT2D eigenvalue weighted by molar-refractivity contribution is -0.150. The third-order valence-electron chi connectivity index (χ3n) is 16.5. The molecule has 1 aliphatic rings. The summed E-state index contributed by atoms with van der Waals surface area (Å²) in [5, 5.41) is 0. The minimum atomic E-state index is 0.00116. The molecule has 0 aromatic heterocycles. The van der Waals surface area contributed by atoms with Crippen molar-refractivity contribution in [3.63, 3.8) is 0 Å². The average molecular weight is 1040 g/mol. The summed E-state index contributed by atoms with van der Waals surface area (Å²) in [4.78, 5) is 47.0. The van der Waals surface area contributed by atoms with Gasteiger partial charge in [-0.15, -0.1) is 0 Å². The average Bonchev–Trinajstić information content (AvgIpc) is 3.93. The Morgan fingerprint density at radius 1 is 0.338 bits per heavy atom. The van der Waals surface area contributed by atoms with Crippen LogP contribution >= 0.6 is 0 Å². The first kappa shape index (κ1) is 70.4. The molecule has 0 spiro atoms. The zero-order chi connectivity index (χ0) is 53.5. The molecule has 1 aliphatic heterocycles. The Morgan fingerprint density at radius 3 is 0.919 bits per heavy atom. The summed E-state index contributed by atoms with van der Waals surface area (Å²) >= 11 is 0.